The molecule has 342 valence electrons. The average molecular weight is 817 g/mol. The summed E-state index contributed by atoms with van der Waals surface area (Å²) >= 11 is 0. The van der Waals surface area contributed by atoms with Crippen LogP contribution in [-0.4, -0.2) is 106 Å². The maximum absolute atomic E-state index is 11.7. The van der Waals surface area contributed by atoms with E-state index in [4.69, 9.17) is 15.2 Å². The number of carbonyl (C=O) groups excluding carboxylic acids is 4. The van der Waals surface area contributed by atoms with Crippen molar-refractivity contribution in [3.05, 3.63) is 35.9 Å². The number of amides is 3. The molecule has 6 unspecified atom stereocenters. The van der Waals surface area contributed by atoms with Gasteiger partial charge >= 0.3 is 5.97 Å². The second-order valence-electron chi connectivity index (χ2n) is 12.0. The van der Waals surface area contributed by atoms with Crippen LogP contribution in [0.25, 0.3) is 0 Å². The summed E-state index contributed by atoms with van der Waals surface area (Å²) in [5.41, 5.74) is 6.38. The molecule has 0 aromatic heterocycles. The Bertz CT molecular complexity index is 950. The summed E-state index contributed by atoms with van der Waals surface area (Å²) in [5, 5.41) is 2.43. The first kappa shape index (κ1) is 68.6. The Kier molecular flexibility index (Phi) is 63.8. The fourth-order valence-corrected chi connectivity index (χ4v) is 5.55. The Morgan fingerprint density at radius 1 is 0.860 bits per heavy atom. The largest absolute Gasteiger partial charge is 0.467 e. The van der Waals surface area contributed by atoms with E-state index >= 15 is 0 Å². The van der Waals surface area contributed by atoms with E-state index in [9.17, 15) is 19.2 Å². The molecule has 3 amide bonds. The van der Waals surface area contributed by atoms with Crippen LogP contribution in [0.4, 0.5) is 0 Å². The van der Waals surface area contributed by atoms with Crippen molar-refractivity contribution in [1.29, 1.82) is 0 Å². The Morgan fingerprint density at radius 3 is 1.68 bits per heavy atom. The van der Waals surface area contributed by atoms with E-state index in [2.05, 4.69) is 58.5 Å². The summed E-state index contributed by atoms with van der Waals surface area (Å²) in [5.74, 6) is 0.410. The number of nitrogens with one attached hydrogen (secondary N) is 1. The molecule has 2 rings (SSSR count). The number of likely N-dealkylation sites (N-methyl/N-ethyl adjacent to an activating group) is 1. The molecule has 1 saturated heterocycles. The van der Waals surface area contributed by atoms with Gasteiger partial charge < -0.3 is 35.1 Å². The number of carbonyl (C=O) groups is 4. The van der Waals surface area contributed by atoms with Crippen molar-refractivity contribution in [2.24, 2.45) is 17.6 Å². The van der Waals surface area contributed by atoms with E-state index < -0.39 is 12.0 Å². The third-order valence-corrected chi connectivity index (χ3v) is 8.15. The van der Waals surface area contributed by atoms with E-state index in [0.717, 1.165) is 44.2 Å². The van der Waals surface area contributed by atoms with Gasteiger partial charge in [0.15, 0.2) is 0 Å². The molecule has 1 aliphatic rings. The molecule has 11 nitrogen and oxygen atoms in total. The molecule has 11 heteroatoms. The van der Waals surface area contributed by atoms with Crippen molar-refractivity contribution in [1.82, 2.24) is 15.1 Å². The number of hydrogen-bond acceptors (Lipinski definition) is 8. The molecule has 0 spiro atoms. The summed E-state index contributed by atoms with van der Waals surface area (Å²) in [6.45, 7) is 35.8. The minimum atomic E-state index is -0.616. The summed E-state index contributed by atoms with van der Waals surface area (Å²) in [7, 11) is 6.54. The zero-order valence-electron chi connectivity index (χ0n) is 41.1. The van der Waals surface area contributed by atoms with Crippen LogP contribution < -0.4 is 11.1 Å². The lowest BCUT2D eigenvalue weighted by Gasteiger charge is -2.37. The zero-order chi connectivity index (χ0) is 46.4. The predicted molar refractivity (Wildman–Crippen MR) is 245 cm³/mol. The summed E-state index contributed by atoms with van der Waals surface area (Å²) in [4.78, 5) is 47.6. The lowest BCUT2D eigenvalue weighted by Crippen LogP contribution is -2.50. The number of rotatable bonds is 16. The van der Waals surface area contributed by atoms with Gasteiger partial charge in [-0.3, -0.25) is 14.4 Å². The Labute approximate surface area is 353 Å². The minimum Gasteiger partial charge on any atom is -0.467 e. The van der Waals surface area contributed by atoms with Gasteiger partial charge in [0.05, 0.1) is 37.9 Å². The molecule has 0 radical (unpaired) electrons. The molecule has 0 saturated carbocycles. The lowest BCUT2D eigenvalue weighted by molar-refractivity contribution is -0.144. The maximum atomic E-state index is 11.7. The quantitative estimate of drug-likeness (QED) is 0.124. The molecule has 57 heavy (non-hydrogen) atoms. The first-order chi connectivity index (χ1) is 27.4. The van der Waals surface area contributed by atoms with Gasteiger partial charge in [0.2, 0.25) is 18.7 Å². The minimum absolute atomic E-state index is 0.0270. The number of benzene rings is 1. The third kappa shape index (κ3) is 33.6. The molecule has 3 N–H and O–H groups in total. The standard InChI is InChI=1S/C12H26N2O2.C11H13NO3.C10H19NO2.C3H8.5C2H6/c1-6-9(3)12(10(7-2)16-5)14(4)11(15)8-13;1-15-11(14)10(12-8-13)7-9-5-3-2-4-6-9;1-8(2)10(13-3)9-5-4-6-11(9)7-12;1-3-2;5*1-2/h9-10,12H,6-8,13H2,1-5H3;2-6,8,10H,7H2,1H3,(H,12,13);7-10H,4-6H2,1-3H3;3H2,1-2H3;5*1-2H3. The molecule has 0 bridgehead atoms. The van der Waals surface area contributed by atoms with Crippen LogP contribution in [0.3, 0.4) is 0 Å². The van der Waals surface area contributed by atoms with Crippen molar-refractivity contribution in [2.45, 2.75) is 187 Å². The highest BCUT2D eigenvalue weighted by molar-refractivity contribution is 5.78. The monoisotopic (exact) mass is 817 g/mol. The number of ether oxygens (including phenoxy) is 3. The van der Waals surface area contributed by atoms with Crippen molar-refractivity contribution in [3.63, 3.8) is 0 Å². The molecule has 1 fully saturated rings. The predicted octanol–water partition coefficient (Wildman–Crippen LogP) is 9.59. The molecular weight excluding hydrogens is 721 g/mol. The summed E-state index contributed by atoms with van der Waals surface area (Å²) in [6, 6.07) is 9.22. The van der Waals surface area contributed by atoms with E-state index in [0.29, 0.717) is 30.7 Å². The highest BCUT2D eigenvalue weighted by Crippen LogP contribution is 2.24. The topological polar surface area (TPSA) is 140 Å². The van der Waals surface area contributed by atoms with Gasteiger partial charge in [0, 0.05) is 34.2 Å². The van der Waals surface area contributed by atoms with Gasteiger partial charge in [-0.2, -0.15) is 0 Å². The molecule has 1 heterocycles. The molecule has 0 aliphatic carbocycles. The summed E-state index contributed by atoms with van der Waals surface area (Å²) in [6.07, 6.45) is 7.51. The Balaban J connectivity index is -0.000000115. The van der Waals surface area contributed by atoms with Gasteiger partial charge in [-0.15, -0.1) is 0 Å². The molecule has 1 aromatic carbocycles. The highest BCUT2D eigenvalue weighted by Gasteiger charge is 2.33. The summed E-state index contributed by atoms with van der Waals surface area (Å²) < 4.78 is 15.5. The first-order valence-corrected chi connectivity index (χ1v) is 22.0. The van der Waals surface area contributed by atoms with Gasteiger partial charge in [0.25, 0.3) is 0 Å². The first-order valence-electron chi connectivity index (χ1n) is 22.0. The number of likely N-dealkylation sites (tertiary alicyclic amines) is 1. The van der Waals surface area contributed by atoms with Crippen LogP contribution in [-0.2, 0) is 39.8 Å². The Hall–Kier alpha value is -3.02. The van der Waals surface area contributed by atoms with Crippen LogP contribution in [0.2, 0.25) is 0 Å². The molecule has 1 aliphatic heterocycles. The molecular formula is C46H96N4O7. The van der Waals surface area contributed by atoms with Crippen LogP contribution in [0, 0.1) is 11.8 Å². The van der Waals surface area contributed by atoms with Crippen molar-refractivity contribution >= 4 is 24.7 Å². The second-order valence-corrected chi connectivity index (χ2v) is 12.0. The van der Waals surface area contributed by atoms with Crippen LogP contribution >= 0.6 is 0 Å². The van der Waals surface area contributed by atoms with E-state index in [1.807, 2.05) is 112 Å². The maximum Gasteiger partial charge on any atom is 0.328 e. The second kappa shape index (κ2) is 53.0. The van der Waals surface area contributed by atoms with Crippen LogP contribution in [0.15, 0.2) is 30.3 Å². The third-order valence-electron chi connectivity index (χ3n) is 8.15. The normalized spacial score (nSPS) is 14.3. The lowest BCUT2D eigenvalue weighted by atomic mass is 9.91. The van der Waals surface area contributed by atoms with E-state index in [-0.39, 0.29) is 30.7 Å². The van der Waals surface area contributed by atoms with Crippen LogP contribution in [0.1, 0.15) is 155 Å². The molecule has 1 aromatic rings. The van der Waals surface area contributed by atoms with Crippen molar-refractivity contribution in [2.75, 3.05) is 41.5 Å². The van der Waals surface area contributed by atoms with E-state index in [1.54, 1.807) is 19.1 Å². The fourth-order valence-electron chi connectivity index (χ4n) is 5.55. The van der Waals surface area contributed by atoms with Gasteiger partial charge in [-0.05, 0) is 36.7 Å². The molecule has 6 atom stereocenters. The van der Waals surface area contributed by atoms with Gasteiger partial charge in [0.1, 0.15) is 6.04 Å². The van der Waals surface area contributed by atoms with Crippen molar-refractivity contribution in [3.8, 4) is 0 Å². The zero-order valence-corrected chi connectivity index (χ0v) is 41.1. The highest BCUT2D eigenvalue weighted by atomic mass is 16.5. The smallest absolute Gasteiger partial charge is 0.328 e. The number of methoxy groups -OCH3 is 3. The number of hydrogen-bond donors (Lipinski definition) is 2. The number of nitrogens with zero attached hydrogens (tertiary/aromatic N) is 2. The van der Waals surface area contributed by atoms with E-state index in [1.165, 1.54) is 13.5 Å². The number of nitrogens with two attached hydrogens (primary N) is 1. The average Bonchev–Trinajstić information content (AvgIpc) is 3.74. The fraction of sp³-hybridized carbons (Fsp3) is 0.783. The van der Waals surface area contributed by atoms with Crippen LogP contribution in [0.5, 0.6) is 0 Å². The van der Waals surface area contributed by atoms with Gasteiger partial charge in [-0.25, -0.2) is 4.79 Å². The van der Waals surface area contributed by atoms with Gasteiger partial charge in [-0.1, -0.05) is 161 Å². The Morgan fingerprint density at radius 2 is 1.35 bits per heavy atom. The SMILES string of the molecule is CC.CC.CC.CC.CC.CCC.CCC(C)C(C(CC)OC)N(C)C(=O)CN.COC(=O)C(Cc1ccccc1)NC=O.COC(C(C)C)C1CCCN1C=O. The number of esters is 1. The van der Waals surface area contributed by atoms with Crippen molar-refractivity contribution < 1.29 is 33.4 Å².